The van der Waals surface area contributed by atoms with Crippen LogP contribution in [0.1, 0.15) is 0 Å². The van der Waals surface area contributed by atoms with Crippen molar-refractivity contribution in [1.29, 1.82) is 0 Å². The van der Waals surface area contributed by atoms with Gasteiger partial charge in [0.25, 0.3) is 0 Å². The summed E-state index contributed by atoms with van der Waals surface area (Å²) in [7, 11) is -1.58. The Bertz CT molecular complexity index is 603. The Hall–Kier alpha value is -1.31. The van der Waals surface area contributed by atoms with Gasteiger partial charge in [0.2, 0.25) is 10.0 Å². The number of rotatable bonds is 5. The Kier molecular flexibility index (Phi) is 4.85. The molecule has 110 valence electrons. The molecule has 20 heavy (non-hydrogen) atoms. The largest absolute Gasteiger partial charge is 0.355 e. The van der Waals surface area contributed by atoms with E-state index in [4.69, 9.17) is 11.6 Å². The molecule has 0 amide bonds. The summed E-state index contributed by atoms with van der Waals surface area (Å²) in [6.45, 7) is 2.41. The molecule has 8 heteroatoms. The molecular formula is C12H17ClN4O2S. The van der Waals surface area contributed by atoms with Gasteiger partial charge < -0.3 is 10.2 Å². The number of hydrogen-bond donors (Lipinski definition) is 2. The molecule has 2 N–H and O–H groups in total. The number of nitrogens with zero attached hydrogens (tertiary/aromatic N) is 2. The van der Waals surface area contributed by atoms with Crippen molar-refractivity contribution in [2.75, 3.05) is 33.2 Å². The molecule has 0 unspecified atom stereocenters. The third-order valence-corrected chi connectivity index (χ3v) is 4.56. The number of sulfonamides is 1. The fraction of sp³-hybridized carbons (Fsp3) is 0.417. The van der Waals surface area contributed by atoms with Crippen LogP contribution in [0.5, 0.6) is 0 Å². The summed E-state index contributed by atoms with van der Waals surface area (Å²) in [4.78, 5) is 6.42. The van der Waals surface area contributed by atoms with Crippen LogP contribution in [0.2, 0.25) is 5.02 Å². The summed E-state index contributed by atoms with van der Waals surface area (Å²) in [5, 5.41) is 3.49. The topological polar surface area (TPSA) is 73.8 Å². The average Bonchev–Trinajstić information content (AvgIpc) is 2.80. The van der Waals surface area contributed by atoms with Crippen LogP contribution in [-0.2, 0) is 10.0 Å². The summed E-state index contributed by atoms with van der Waals surface area (Å²) < 4.78 is 26.5. The highest BCUT2D eigenvalue weighted by Crippen LogP contribution is 2.14. The second-order valence-electron chi connectivity index (χ2n) is 4.41. The van der Waals surface area contributed by atoms with E-state index in [9.17, 15) is 8.42 Å². The molecule has 0 saturated carbocycles. The van der Waals surface area contributed by atoms with Gasteiger partial charge >= 0.3 is 0 Å². The fourth-order valence-electron chi connectivity index (χ4n) is 1.80. The number of halogens is 1. The van der Waals surface area contributed by atoms with Crippen LogP contribution in [0.25, 0.3) is 0 Å². The molecule has 1 aliphatic heterocycles. The summed E-state index contributed by atoms with van der Waals surface area (Å²) in [6.07, 6.45) is 0. The molecule has 1 heterocycles. The maximum Gasteiger partial charge on any atom is 0.240 e. The van der Waals surface area contributed by atoms with Gasteiger partial charge in [-0.2, -0.15) is 0 Å². The average molecular weight is 317 g/mol. The molecule has 1 aromatic rings. The van der Waals surface area contributed by atoms with E-state index in [1.807, 2.05) is 11.9 Å². The number of likely N-dealkylation sites (N-methyl/N-ethyl adjacent to an activating group) is 1. The minimum absolute atomic E-state index is 0.167. The van der Waals surface area contributed by atoms with Gasteiger partial charge in [-0.05, 0) is 18.2 Å². The van der Waals surface area contributed by atoms with Crippen LogP contribution < -0.4 is 10.0 Å². The third-order valence-electron chi connectivity index (χ3n) is 2.87. The van der Waals surface area contributed by atoms with Crippen molar-refractivity contribution in [1.82, 2.24) is 14.9 Å². The van der Waals surface area contributed by atoms with Crippen molar-refractivity contribution >= 4 is 27.6 Å². The Balaban J connectivity index is 1.84. The zero-order valence-corrected chi connectivity index (χ0v) is 12.7. The minimum Gasteiger partial charge on any atom is -0.355 e. The molecule has 2 rings (SSSR count). The van der Waals surface area contributed by atoms with Crippen molar-refractivity contribution in [3.8, 4) is 0 Å². The number of benzene rings is 1. The molecule has 0 aliphatic carbocycles. The minimum atomic E-state index is -3.52. The van der Waals surface area contributed by atoms with E-state index in [1.165, 1.54) is 12.1 Å². The molecule has 6 nitrogen and oxygen atoms in total. The summed E-state index contributed by atoms with van der Waals surface area (Å²) >= 11 is 5.79. The van der Waals surface area contributed by atoms with Gasteiger partial charge in [-0.25, -0.2) is 13.1 Å². The van der Waals surface area contributed by atoms with Crippen molar-refractivity contribution < 1.29 is 8.42 Å². The van der Waals surface area contributed by atoms with Crippen molar-refractivity contribution in [2.24, 2.45) is 4.99 Å². The van der Waals surface area contributed by atoms with Crippen LogP contribution >= 0.6 is 11.6 Å². The number of hydrogen-bond acceptors (Lipinski definition) is 5. The lowest BCUT2D eigenvalue weighted by atomic mass is 10.4. The van der Waals surface area contributed by atoms with Crippen LogP contribution in [0.15, 0.2) is 34.2 Å². The summed E-state index contributed by atoms with van der Waals surface area (Å²) in [5.74, 6) is 0.798. The lowest BCUT2D eigenvalue weighted by Crippen LogP contribution is -2.40. The lowest BCUT2D eigenvalue weighted by molar-refractivity contribution is 0.533. The fourth-order valence-corrected chi connectivity index (χ4v) is 3.13. The van der Waals surface area contributed by atoms with E-state index in [0.29, 0.717) is 11.6 Å². The molecule has 0 saturated heterocycles. The van der Waals surface area contributed by atoms with Gasteiger partial charge in [0.1, 0.15) is 0 Å². The van der Waals surface area contributed by atoms with E-state index >= 15 is 0 Å². The van der Waals surface area contributed by atoms with Crippen LogP contribution in [0.3, 0.4) is 0 Å². The number of nitrogens with one attached hydrogen (secondary N) is 2. The number of guanidine groups is 1. The van der Waals surface area contributed by atoms with Gasteiger partial charge in [0, 0.05) is 31.7 Å². The summed E-state index contributed by atoms with van der Waals surface area (Å²) in [6, 6.07) is 6.18. The van der Waals surface area contributed by atoms with Gasteiger partial charge in [-0.15, -0.1) is 0 Å². The predicted octanol–water partition coefficient (Wildman–Crippen LogP) is 0.509. The highest BCUT2D eigenvalue weighted by Gasteiger charge is 2.14. The molecule has 0 atom stereocenters. The van der Waals surface area contributed by atoms with Crippen LogP contribution in [0.4, 0.5) is 0 Å². The molecule has 0 fully saturated rings. The maximum atomic E-state index is 12.0. The van der Waals surface area contributed by atoms with Gasteiger partial charge in [0.05, 0.1) is 11.4 Å². The van der Waals surface area contributed by atoms with Crippen molar-refractivity contribution in [3.05, 3.63) is 29.3 Å². The van der Waals surface area contributed by atoms with E-state index in [0.717, 1.165) is 19.0 Å². The Morgan fingerprint density at radius 3 is 2.85 bits per heavy atom. The maximum absolute atomic E-state index is 12.0. The first-order chi connectivity index (χ1) is 9.49. The zero-order chi connectivity index (χ0) is 14.6. The van der Waals surface area contributed by atoms with Crippen molar-refractivity contribution in [2.45, 2.75) is 4.90 Å². The molecule has 0 bridgehead atoms. The highest BCUT2D eigenvalue weighted by atomic mass is 35.5. The predicted molar refractivity (Wildman–Crippen MR) is 79.6 cm³/mol. The zero-order valence-electron chi connectivity index (χ0n) is 11.1. The molecule has 1 aromatic carbocycles. The first kappa shape index (κ1) is 15.1. The van der Waals surface area contributed by atoms with Gasteiger partial charge in [-0.3, -0.25) is 4.99 Å². The second kappa shape index (κ2) is 6.43. The molecule has 0 aromatic heterocycles. The van der Waals surface area contributed by atoms with E-state index in [-0.39, 0.29) is 11.4 Å². The smallest absolute Gasteiger partial charge is 0.240 e. The third kappa shape index (κ3) is 3.84. The number of aliphatic imine (C=N–C) groups is 1. The standard InChI is InChI=1S/C12H17ClN4O2S/c1-17-8-7-15-12(17)14-5-6-16-20(18,19)11-4-2-3-10(13)9-11/h2-4,9,16H,5-8H2,1H3,(H,14,15). The molecule has 0 radical (unpaired) electrons. The van der Waals surface area contributed by atoms with Crippen LogP contribution in [-0.4, -0.2) is 52.5 Å². The normalized spacial score (nSPS) is 15.3. The van der Waals surface area contributed by atoms with E-state index in [1.54, 1.807) is 12.1 Å². The van der Waals surface area contributed by atoms with E-state index in [2.05, 4.69) is 15.0 Å². The van der Waals surface area contributed by atoms with Crippen LogP contribution in [0, 0.1) is 0 Å². The molecule has 0 spiro atoms. The highest BCUT2D eigenvalue weighted by molar-refractivity contribution is 7.89. The monoisotopic (exact) mass is 316 g/mol. The molecule has 1 aliphatic rings. The Labute approximate surface area is 123 Å². The lowest BCUT2D eigenvalue weighted by Gasteiger charge is -2.15. The SMILES string of the molecule is CN1CCN=C1NCCNS(=O)(=O)c1cccc(Cl)c1. The van der Waals surface area contributed by atoms with E-state index < -0.39 is 10.0 Å². The van der Waals surface area contributed by atoms with Gasteiger partial charge in [-0.1, -0.05) is 17.7 Å². The second-order valence-corrected chi connectivity index (χ2v) is 6.61. The summed E-state index contributed by atoms with van der Waals surface area (Å²) in [5.41, 5.74) is 0. The molecular weight excluding hydrogens is 300 g/mol. The Morgan fingerprint density at radius 2 is 2.20 bits per heavy atom. The quantitative estimate of drug-likeness (QED) is 0.776. The first-order valence-electron chi connectivity index (χ1n) is 6.24. The first-order valence-corrected chi connectivity index (χ1v) is 8.10. The van der Waals surface area contributed by atoms with Crippen molar-refractivity contribution in [3.63, 3.8) is 0 Å². The van der Waals surface area contributed by atoms with Gasteiger partial charge in [0.15, 0.2) is 5.96 Å². The Morgan fingerprint density at radius 1 is 1.40 bits per heavy atom.